The van der Waals surface area contributed by atoms with Gasteiger partial charge in [-0.1, -0.05) is 25.0 Å². The van der Waals surface area contributed by atoms with E-state index in [9.17, 15) is 4.79 Å². The van der Waals surface area contributed by atoms with E-state index in [2.05, 4.69) is 23.5 Å². The summed E-state index contributed by atoms with van der Waals surface area (Å²) < 4.78 is 0. The predicted octanol–water partition coefficient (Wildman–Crippen LogP) is 2.34. The van der Waals surface area contributed by atoms with Gasteiger partial charge < -0.3 is 11.1 Å². The fraction of sp³-hybridized carbons (Fsp3) is 0.533. The van der Waals surface area contributed by atoms with Crippen molar-refractivity contribution in [1.29, 1.82) is 0 Å². The Morgan fingerprint density at radius 2 is 2.00 bits per heavy atom. The standard InChI is InChI=1S/C15H20N2O/c16-10-15(7-1-2-8-15)12-4-5-13-11(9-12)3-6-14(18)17-13/h4-5,9H,1-3,6-8,10,16H2,(H,17,18). The van der Waals surface area contributed by atoms with Gasteiger partial charge >= 0.3 is 0 Å². The van der Waals surface area contributed by atoms with Gasteiger partial charge in [0, 0.05) is 24.1 Å². The van der Waals surface area contributed by atoms with Gasteiger partial charge in [0.15, 0.2) is 0 Å². The maximum atomic E-state index is 11.4. The lowest BCUT2D eigenvalue weighted by atomic mass is 9.78. The van der Waals surface area contributed by atoms with Gasteiger partial charge in [0.25, 0.3) is 0 Å². The topological polar surface area (TPSA) is 55.1 Å². The molecule has 1 saturated carbocycles. The van der Waals surface area contributed by atoms with Crippen LogP contribution in [0, 0.1) is 0 Å². The van der Waals surface area contributed by atoms with E-state index in [1.54, 1.807) is 0 Å². The van der Waals surface area contributed by atoms with Crippen LogP contribution in [-0.4, -0.2) is 12.5 Å². The highest BCUT2D eigenvalue weighted by Crippen LogP contribution is 2.41. The van der Waals surface area contributed by atoms with E-state index in [1.165, 1.54) is 36.8 Å². The molecule has 0 unspecified atom stereocenters. The van der Waals surface area contributed by atoms with E-state index < -0.39 is 0 Å². The largest absolute Gasteiger partial charge is 0.330 e. The van der Waals surface area contributed by atoms with Crippen molar-refractivity contribution in [2.75, 3.05) is 11.9 Å². The predicted molar refractivity (Wildman–Crippen MR) is 72.6 cm³/mol. The molecule has 1 aliphatic carbocycles. The van der Waals surface area contributed by atoms with Gasteiger partial charge in [0.1, 0.15) is 0 Å². The van der Waals surface area contributed by atoms with Gasteiger partial charge in [0.05, 0.1) is 0 Å². The zero-order valence-corrected chi connectivity index (χ0v) is 10.7. The number of carbonyl (C=O) groups excluding carboxylic acids is 1. The first-order valence-electron chi connectivity index (χ1n) is 6.87. The minimum atomic E-state index is 0.129. The number of hydrogen-bond acceptors (Lipinski definition) is 2. The number of anilines is 1. The van der Waals surface area contributed by atoms with Crippen molar-refractivity contribution in [2.24, 2.45) is 5.73 Å². The summed E-state index contributed by atoms with van der Waals surface area (Å²) in [5.41, 5.74) is 9.85. The quantitative estimate of drug-likeness (QED) is 0.839. The van der Waals surface area contributed by atoms with Gasteiger partial charge in [-0.25, -0.2) is 0 Å². The third-order valence-corrected chi connectivity index (χ3v) is 4.56. The second-order valence-electron chi connectivity index (χ2n) is 5.61. The number of carbonyl (C=O) groups is 1. The molecule has 3 nitrogen and oxygen atoms in total. The summed E-state index contributed by atoms with van der Waals surface area (Å²) in [5, 5.41) is 2.94. The summed E-state index contributed by atoms with van der Waals surface area (Å²) in [6, 6.07) is 6.48. The SMILES string of the molecule is NCC1(c2ccc3c(c2)CCC(=O)N3)CCCC1. The molecular weight excluding hydrogens is 224 g/mol. The Bertz CT molecular complexity index is 475. The Kier molecular flexibility index (Phi) is 2.86. The van der Waals surface area contributed by atoms with Crippen molar-refractivity contribution in [2.45, 2.75) is 43.9 Å². The zero-order valence-electron chi connectivity index (χ0n) is 10.7. The smallest absolute Gasteiger partial charge is 0.224 e. The van der Waals surface area contributed by atoms with Crippen molar-refractivity contribution >= 4 is 11.6 Å². The Hall–Kier alpha value is -1.35. The van der Waals surface area contributed by atoms with E-state index in [0.717, 1.165) is 18.7 Å². The van der Waals surface area contributed by atoms with E-state index in [4.69, 9.17) is 5.73 Å². The molecule has 3 rings (SSSR count). The maximum absolute atomic E-state index is 11.4. The highest BCUT2D eigenvalue weighted by molar-refractivity contribution is 5.93. The second kappa shape index (κ2) is 4.39. The van der Waals surface area contributed by atoms with Crippen LogP contribution in [0.2, 0.25) is 0 Å². The molecule has 96 valence electrons. The molecule has 0 aromatic heterocycles. The Morgan fingerprint density at radius 3 is 2.72 bits per heavy atom. The number of hydrogen-bond donors (Lipinski definition) is 2. The van der Waals surface area contributed by atoms with E-state index in [1.807, 2.05) is 0 Å². The first kappa shape index (κ1) is 11.7. The third kappa shape index (κ3) is 1.83. The van der Waals surface area contributed by atoms with Gasteiger partial charge in [-0.2, -0.15) is 0 Å². The lowest BCUT2D eigenvalue weighted by molar-refractivity contribution is -0.116. The zero-order chi connectivity index (χ0) is 12.6. The minimum absolute atomic E-state index is 0.129. The molecule has 0 bridgehead atoms. The van der Waals surface area contributed by atoms with Crippen molar-refractivity contribution < 1.29 is 4.79 Å². The molecule has 18 heavy (non-hydrogen) atoms. The first-order chi connectivity index (χ1) is 8.73. The fourth-order valence-electron chi connectivity index (χ4n) is 3.38. The second-order valence-corrected chi connectivity index (χ2v) is 5.61. The summed E-state index contributed by atoms with van der Waals surface area (Å²) in [6.07, 6.45) is 6.43. The van der Waals surface area contributed by atoms with E-state index >= 15 is 0 Å². The molecule has 2 aliphatic rings. The van der Waals surface area contributed by atoms with Crippen LogP contribution in [0.3, 0.4) is 0 Å². The van der Waals surface area contributed by atoms with Crippen molar-refractivity contribution in [1.82, 2.24) is 0 Å². The van der Waals surface area contributed by atoms with Gasteiger partial charge in [-0.15, -0.1) is 0 Å². The van der Waals surface area contributed by atoms with Crippen LogP contribution < -0.4 is 11.1 Å². The molecule has 1 amide bonds. The molecule has 3 heteroatoms. The van der Waals surface area contributed by atoms with Crippen LogP contribution >= 0.6 is 0 Å². The van der Waals surface area contributed by atoms with Crippen molar-refractivity contribution in [3.05, 3.63) is 29.3 Å². The van der Waals surface area contributed by atoms with Crippen LogP contribution in [0.1, 0.15) is 43.2 Å². The Balaban J connectivity index is 1.97. The lowest BCUT2D eigenvalue weighted by Crippen LogP contribution is -2.32. The van der Waals surface area contributed by atoms with Gasteiger partial charge in [-0.3, -0.25) is 4.79 Å². The number of rotatable bonds is 2. The van der Waals surface area contributed by atoms with Crippen LogP contribution in [0.25, 0.3) is 0 Å². The summed E-state index contributed by atoms with van der Waals surface area (Å²) >= 11 is 0. The Labute approximate surface area is 108 Å². The van der Waals surface area contributed by atoms with Crippen LogP contribution in [-0.2, 0) is 16.6 Å². The molecule has 0 saturated heterocycles. The third-order valence-electron chi connectivity index (χ3n) is 4.56. The molecule has 0 atom stereocenters. The lowest BCUT2D eigenvalue weighted by Gasteiger charge is -2.29. The number of aryl methyl sites for hydroxylation is 1. The van der Waals surface area contributed by atoms with Crippen LogP contribution in [0.4, 0.5) is 5.69 Å². The highest BCUT2D eigenvalue weighted by atomic mass is 16.1. The van der Waals surface area contributed by atoms with Crippen LogP contribution in [0.15, 0.2) is 18.2 Å². The van der Waals surface area contributed by atoms with Gasteiger partial charge in [-0.05, 0) is 36.5 Å². The molecule has 1 aliphatic heterocycles. The van der Waals surface area contributed by atoms with Crippen LogP contribution in [0.5, 0.6) is 0 Å². The summed E-state index contributed by atoms with van der Waals surface area (Å²) in [7, 11) is 0. The number of amides is 1. The number of fused-ring (bicyclic) bond motifs is 1. The van der Waals surface area contributed by atoms with Crippen molar-refractivity contribution in [3.63, 3.8) is 0 Å². The van der Waals surface area contributed by atoms with E-state index in [0.29, 0.717) is 6.42 Å². The fourth-order valence-corrected chi connectivity index (χ4v) is 3.38. The monoisotopic (exact) mass is 244 g/mol. The summed E-state index contributed by atoms with van der Waals surface area (Å²) in [4.78, 5) is 11.4. The molecule has 0 radical (unpaired) electrons. The van der Waals surface area contributed by atoms with E-state index in [-0.39, 0.29) is 11.3 Å². The minimum Gasteiger partial charge on any atom is -0.330 e. The normalized spacial score (nSPS) is 21.5. The Morgan fingerprint density at radius 1 is 1.22 bits per heavy atom. The highest BCUT2D eigenvalue weighted by Gasteiger charge is 2.34. The molecule has 0 spiro atoms. The first-order valence-corrected chi connectivity index (χ1v) is 6.87. The number of nitrogens with two attached hydrogens (primary N) is 1. The molecule has 1 aromatic rings. The summed E-state index contributed by atoms with van der Waals surface area (Å²) in [6.45, 7) is 0.734. The molecule has 3 N–H and O–H groups in total. The van der Waals surface area contributed by atoms with Gasteiger partial charge in [0.2, 0.25) is 5.91 Å². The number of nitrogens with one attached hydrogen (secondary N) is 1. The average Bonchev–Trinajstić information content (AvgIpc) is 2.88. The molecule has 1 fully saturated rings. The summed E-state index contributed by atoms with van der Waals surface area (Å²) in [5.74, 6) is 0.129. The van der Waals surface area contributed by atoms with Crippen molar-refractivity contribution in [3.8, 4) is 0 Å². The number of benzene rings is 1. The molecule has 1 aromatic carbocycles. The average molecular weight is 244 g/mol. The maximum Gasteiger partial charge on any atom is 0.224 e. The molecule has 1 heterocycles. The molecular formula is C15H20N2O.